The van der Waals surface area contributed by atoms with Crippen molar-refractivity contribution in [2.75, 3.05) is 0 Å². The molecule has 0 radical (unpaired) electrons. The molecule has 0 bridgehead atoms. The summed E-state index contributed by atoms with van der Waals surface area (Å²) in [4.78, 5) is 12.6. The molecule has 1 aliphatic rings. The fourth-order valence-corrected chi connectivity index (χ4v) is 3.94. The van der Waals surface area contributed by atoms with Gasteiger partial charge in [0.05, 0.1) is 11.7 Å². The number of nitrogens with zero attached hydrogens (tertiary/aromatic N) is 2. The van der Waals surface area contributed by atoms with E-state index in [1.54, 1.807) is 30.5 Å². The van der Waals surface area contributed by atoms with E-state index in [9.17, 15) is 28.3 Å². The summed E-state index contributed by atoms with van der Waals surface area (Å²) >= 11 is 0. The van der Waals surface area contributed by atoms with E-state index in [2.05, 4.69) is 5.32 Å². The van der Waals surface area contributed by atoms with Crippen LogP contribution in [0.25, 0.3) is 11.8 Å². The van der Waals surface area contributed by atoms with Crippen LogP contribution >= 0.6 is 0 Å². The predicted molar refractivity (Wildman–Crippen MR) is 110 cm³/mol. The van der Waals surface area contributed by atoms with Crippen LogP contribution in [-0.4, -0.2) is 27.7 Å². The van der Waals surface area contributed by atoms with E-state index in [4.69, 9.17) is 0 Å². The predicted octanol–water partition coefficient (Wildman–Crippen LogP) is 4.44. The smallest absolute Gasteiger partial charge is 0.393 e. The van der Waals surface area contributed by atoms with Crippen molar-refractivity contribution >= 4 is 12.0 Å². The average molecular weight is 431 g/mol. The third-order valence-corrected chi connectivity index (χ3v) is 5.60. The van der Waals surface area contributed by atoms with Gasteiger partial charge in [-0.15, -0.1) is 0 Å². The zero-order valence-corrected chi connectivity index (χ0v) is 17.3. The van der Waals surface area contributed by atoms with Crippen LogP contribution in [-0.2, 0) is 11.0 Å². The standard InChI is InChI=1S/C23H24F3N3O2/c1-14-10-16(11-17(13-27)22(31)28-19-6-8-21(30)9-7-19)15(2)29(14)20-5-3-4-18(12-20)23(24,25)26/h3-5,10-12,19,21,30H,6-9H2,1-2H3,(H,28,31)/b17-11-. The highest BCUT2D eigenvalue weighted by Gasteiger charge is 2.30. The number of halogens is 3. The number of hydrogen-bond acceptors (Lipinski definition) is 3. The number of carbonyl (C=O) groups excluding carboxylic acids is 1. The summed E-state index contributed by atoms with van der Waals surface area (Å²) < 4.78 is 41.0. The molecule has 1 heterocycles. The van der Waals surface area contributed by atoms with E-state index in [1.807, 2.05) is 6.07 Å². The molecule has 1 aromatic heterocycles. The number of aromatic nitrogens is 1. The Balaban J connectivity index is 1.87. The lowest BCUT2D eigenvalue weighted by Crippen LogP contribution is -2.39. The molecule has 0 spiro atoms. The highest BCUT2D eigenvalue weighted by Crippen LogP contribution is 2.31. The van der Waals surface area contributed by atoms with Gasteiger partial charge in [-0.05, 0) is 75.4 Å². The van der Waals surface area contributed by atoms with Crippen molar-refractivity contribution in [3.05, 3.63) is 58.4 Å². The molecule has 1 aromatic carbocycles. The van der Waals surface area contributed by atoms with Crippen LogP contribution in [0.1, 0.15) is 48.2 Å². The van der Waals surface area contributed by atoms with Gasteiger partial charge in [-0.3, -0.25) is 4.79 Å². The van der Waals surface area contributed by atoms with Gasteiger partial charge in [0.15, 0.2) is 0 Å². The second-order valence-corrected chi connectivity index (χ2v) is 7.86. The normalized spacial score (nSPS) is 19.7. The van der Waals surface area contributed by atoms with Crippen molar-refractivity contribution in [2.24, 2.45) is 0 Å². The van der Waals surface area contributed by atoms with Gasteiger partial charge in [0, 0.05) is 23.1 Å². The molecule has 0 atom stereocenters. The number of benzene rings is 1. The highest BCUT2D eigenvalue weighted by molar-refractivity contribution is 6.02. The van der Waals surface area contributed by atoms with E-state index < -0.39 is 17.6 Å². The summed E-state index contributed by atoms with van der Waals surface area (Å²) in [5.74, 6) is -0.493. The number of aliphatic hydroxyl groups is 1. The quantitative estimate of drug-likeness (QED) is 0.555. The van der Waals surface area contributed by atoms with Crippen LogP contribution in [0.15, 0.2) is 35.9 Å². The van der Waals surface area contributed by atoms with Crippen LogP contribution < -0.4 is 5.32 Å². The molecule has 5 nitrogen and oxygen atoms in total. The summed E-state index contributed by atoms with van der Waals surface area (Å²) in [6, 6.07) is 8.57. The third kappa shape index (κ3) is 5.17. The Morgan fingerprint density at radius 1 is 1.23 bits per heavy atom. The van der Waals surface area contributed by atoms with Crippen molar-refractivity contribution in [3.8, 4) is 11.8 Å². The fourth-order valence-electron chi connectivity index (χ4n) is 3.94. The first-order valence-corrected chi connectivity index (χ1v) is 10.1. The van der Waals surface area contributed by atoms with Gasteiger partial charge in [-0.1, -0.05) is 6.07 Å². The second kappa shape index (κ2) is 8.98. The van der Waals surface area contributed by atoms with Crippen LogP contribution in [0, 0.1) is 25.2 Å². The molecule has 0 unspecified atom stereocenters. The molecule has 8 heteroatoms. The van der Waals surface area contributed by atoms with Gasteiger partial charge in [0.25, 0.3) is 5.91 Å². The van der Waals surface area contributed by atoms with Gasteiger partial charge >= 0.3 is 6.18 Å². The molecule has 1 saturated carbocycles. The number of aliphatic hydroxyl groups excluding tert-OH is 1. The molecule has 164 valence electrons. The number of rotatable bonds is 4. The van der Waals surface area contributed by atoms with Crippen LogP contribution in [0.2, 0.25) is 0 Å². The Labute approximate surface area is 178 Å². The average Bonchev–Trinajstić information content (AvgIpc) is 3.00. The minimum atomic E-state index is -4.45. The molecular weight excluding hydrogens is 407 g/mol. The number of amides is 1. The third-order valence-electron chi connectivity index (χ3n) is 5.60. The molecule has 3 rings (SSSR count). The lowest BCUT2D eigenvalue weighted by molar-refractivity contribution is -0.137. The minimum Gasteiger partial charge on any atom is -0.393 e. The molecular formula is C23H24F3N3O2. The largest absolute Gasteiger partial charge is 0.416 e. The van der Waals surface area contributed by atoms with Gasteiger partial charge in [-0.25, -0.2) is 0 Å². The van der Waals surface area contributed by atoms with Crippen molar-refractivity contribution in [3.63, 3.8) is 0 Å². The maximum absolute atomic E-state index is 13.1. The number of nitrogens with one attached hydrogen (secondary N) is 1. The summed E-state index contributed by atoms with van der Waals surface area (Å²) in [5.41, 5.74) is 1.42. The SMILES string of the molecule is Cc1cc(/C=C(/C#N)C(=O)NC2CCC(O)CC2)c(C)n1-c1cccc(C(F)(F)F)c1. The zero-order valence-electron chi connectivity index (χ0n) is 17.3. The molecule has 0 aliphatic heterocycles. The number of alkyl halides is 3. The summed E-state index contributed by atoms with van der Waals surface area (Å²) in [6.45, 7) is 3.48. The summed E-state index contributed by atoms with van der Waals surface area (Å²) in [7, 11) is 0. The van der Waals surface area contributed by atoms with Crippen LogP contribution in [0.4, 0.5) is 13.2 Å². The number of nitriles is 1. The topological polar surface area (TPSA) is 78.1 Å². The van der Waals surface area contributed by atoms with Crippen LogP contribution in [0.3, 0.4) is 0 Å². The Kier molecular flexibility index (Phi) is 6.56. The molecule has 0 saturated heterocycles. The van der Waals surface area contributed by atoms with Crippen molar-refractivity contribution in [1.82, 2.24) is 9.88 Å². The van der Waals surface area contributed by atoms with Crippen molar-refractivity contribution in [2.45, 2.75) is 57.9 Å². The molecule has 1 aliphatic carbocycles. The first-order valence-electron chi connectivity index (χ1n) is 10.1. The first-order chi connectivity index (χ1) is 14.6. The second-order valence-electron chi connectivity index (χ2n) is 7.86. The van der Waals surface area contributed by atoms with E-state index in [1.165, 1.54) is 12.1 Å². The molecule has 31 heavy (non-hydrogen) atoms. The number of aryl methyl sites for hydroxylation is 1. The van der Waals surface area contributed by atoms with E-state index in [0.29, 0.717) is 48.3 Å². The minimum absolute atomic E-state index is 0.0737. The Morgan fingerprint density at radius 2 is 1.90 bits per heavy atom. The zero-order chi connectivity index (χ0) is 22.8. The van der Waals surface area contributed by atoms with Gasteiger partial charge in [-0.2, -0.15) is 18.4 Å². The lowest BCUT2D eigenvalue weighted by Gasteiger charge is -2.26. The summed E-state index contributed by atoms with van der Waals surface area (Å²) in [6.07, 6.45) is -0.830. The fraction of sp³-hybridized carbons (Fsp3) is 0.391. The monoisotopic (exact) mass is 431 g/mol. The molecule has 1 amide bonds. The molecule has 2 aromatic rings. The lowest BCUT2D eigenvalue weighted by atomic mass is 9.93. The van der Waals surface area contributed by atoms with Gasteiger partial charge < -0.3 is 15.0 Å². The Morgan fingerprint density at radius 3 is 2.52 bits per heavy atom. The maximum atomic E-state index is 13.1. The van der Waals surface area contributed by atoms with Crippen molar-refractivity contribution < 1.29 is 23.1 Å². The first kappa shape index (κ1) is 22.6. The number of carbonyl (C=O) groups is 1. The molecule has 2 N–H and O–H groups in total. The highest BCUT2D eigenvalue weighted by atomic mass is 19.4. The van der Waals surface area contributed by atoms with E-state index in [-0.39, 0.29) is 17.7 Å². The summed E-state index contributed by atoms with van der Waals surface area (Å²) in [5, 5.41) is 21.9. The van der Waals surface area contributed by atoms with Gasteiger partial charge in [0.1, 0.15) is 11.6 Å². The van der Waals surface area contributed by atoms with Crippen molar-refractivity contribution in [1.29, 1.82) is 5.26 Å². The van der Waals surface area contributed by atoms with E-state index in [0.717, 1.165) is 12.1 Å². The van der Waals surface area contributed by atoms with Gasteiger partial charge in [0.2, 0.25) is 0 Å². The number of hydrogen-bond donors (Lipinski definition) is 2. The molecule has 1 fully saturated rings. The maximum Gasteiger partial charge on any atom is 0.416 e. The Hall–Kier alpha value is -3.05. The van der Waals surface area contributed by atoms with E-state index >= 15 is 0 Å². The Bertz CT molecular complexity index is 1040. The van der Waals surface area contributed by atoms with Crippen LogP contribution in [0.5, 0.6) is 0 Å².